The van der Waals surface area contributed by atoms with Gasteiger partial charge < -0.3 is 15.0 Å². The van der Waals surface area contributed by atoms with Crippen LogP contribution >= 0.6 is 0 Å². The van der Waals surface area contributed by atoms with Crippen molar-refractivity contribution in [3.8, 4) is 0 Å². The quantitative estimate of drug-likeness (QED) is 0.773. The van der Waals surface area contributed by atoms with E-state index in [0.717, 1.165) is 32.5 Å². The van der Waals surface area contributed by atoms with Crippen LogP contribution in [0.1, 0.15) is 26.7 Å². The molecule has 15 heavy (non-hydrogen) atoms. The van der Waals surface area contributed by atoms with Gasteiger partial charge in [0.2, 0.25) is 0 Å². The predicted molar refractivity (Wildman–Crippen MR) is 59.8 cm³/mol. The molecule has 0 saturated carbocycles. The second kappa shape index (κ2) is 5.95. The number of methoxy groups -OCH3 is 1. The molecular formula is C11H22N2O2. The summed E-state index contributed by atoms with van der Waals surface area (Å²) in [5.74, 6) is 0.618. The summed E-state index contributed by atoms with van der Waals surface area (Å²) < 4.78 is 4.79. The summed E-state index contributed by atoms with van der Waals surface area (Å²) in [6.07, 6.45) is 2.10. The average Bonchev–Trinajstić information content (AvgIpc) is 2.26. The Morgan fingerprint density at radius 1 is 1.47 bits per heavy atom. The number of nitrogens with zero attached hydrogens (tertiary/aromatic N) is 1. The van der Waals surface area contributed by atoms with Gasteiger partial charge in [-0.3, -0.25) is 0 Å². The van der Waals surface area contributed by atoms with Crippen LogP contribution in [0.2, 0.25) is 0 Å². The highest BCUT2D eigenvalue weighted by molar-refractivity contribution is 5.67. The normalized spacial score (nSPS) is 17.9. The fourth-order valence-corrected chi connectivity index (χ4v) is 1.96. The summed E-state index contributed by atoms with van der Waals surface area (Å²) in [5.41, 5.74) is 0. The van der Waals surface area contributed by atoms with Gasteiger partial charge in [0.05, 0.1) is 7.11 Å². The zero-order valence-electron chi connectivity index (χ0n) is 9.95. The summed E-state index contributed by atoms with van der Waals surface area (Å²) >= 11 is 0. The number of amides is 1. The van der Waals surface area contributed by atoms with Crippen molar-refractivity contribution in [3.05, 3.63) is 0 Å². The van der Waals surface area contributed by atoms with Crippen LogP contribution in [0.3, 0.4) is 0 Å². The number of ether oxygens (including phenoxy) is 1. The van der Waals surface area contributed by atoms with Crippen LogP contribution < -0.4 is 5.32 Å². The van der Waals surface area contributed by atoms with Gasteiger partial charge in [0.15, 0.2) is 0 Å². The Morgan fingerprint density at radius 3 is 2.53 bits per heavy atom. The van der Waals surface area contributed by atoms with Crippen molar-refractivity contribution in [2.24, 2.45) is 5.92 Å². The molecule has 0 aromatic carbocycles. The molecule has 1 aliphatic rings. The fraction of sp³-hybridized carbons (Fsp3) is 0.909. The maximum atomic E-state index is 11.5. The van der Waals surface area contributed by atoms with Crippen molar-refractivity contribution in [2.75, 3.05) is 26.7 Å². The van der Waals surface area contributed by atoms with Gasteiger partial charge in [-0.25, -0.2) is 4.79 Å². The van der Waals surface area contributed by atoms with E-state index in [-0.39, 0.29) is 12.1 Å². The highest BCUT2D eigenvalue weighted by atomic mass is 16.5. The molecule has 1 saturated heterocycles. The van der Waals surface area contributed by atoms with E-state index in [0.29, 0.717) is 5.92 Å². The molecule has 0 aliphatic carbocycles. The third-order valence-electron chi connectivity index (χ3n) is 2.95. The monoisotopic (exact) mass is 214 g/mol. The first-order valence-corrected chi connectivity index (χ1v) is 5.70. The largest absolute Gasteiger partial charge is 0.453 e. The minimum atomic E-state index is -0.205. The van der Waals surface area contributed by atoms with Crippen molar-refractivity contribution >= 4 is 6.09 Å². The van der Waals surface area contributed by atoms with Gasteiger partial charge in [-0.1, -0.05) is 0 Å². The van der Waals surface area contributed by atoms with Crippen molar-refractivity contribution < 1.29 is 9.53 Å². The molecule has 0 aromatic rings. The summed E-state index contributed by atoms with van der Waals surface area (Å²) in [4.78, 5) is 13.3. The molecule has 1 heterocycles. The number of rotatable bonds is 3. The van der Waals surface area contributed by atoms with Gasteiger partial charge in [-0.05, 0) is 45.7 Å². The highest BCUT2D eigenvalue weighted by Crippen LogP contribution is 2.15. The highest BCUT2D eigenvalue weighted by Gasteiger charge is 2.22. The van der Waals surface area contributed by atoms with Crippen LogP contribution in [0.15, 0.2) is 0 Å². The first-order valence-electron chi connectivity index (χ1n) is 5.70. The second-order valence-electron chi connectivity index (χ2n) is 4.41. The van der Waals surface area contributed by atoms with Gasteiger partial charge in [-0.15, -0.1) is 0 Å². The standard InChI is InChI=1S/C11H22N2O2/c1-9(2)13(11(14)15-3)8-10-4-6-12-7-5-10/h9-10,12H,4-8H2,1-3H3. The van der Waals surface area contributed by atoms with Crippen molar-refractivity contribution in [3.63, 3.8) is 0 Å². The fourth-order valence-electron chi connectivity index (χ4n) is 1.96. The van der Waals surface area contributed by atoms with Crippen LogP contribution in [0.25, 0.3) is 0 Å². The first kappa shape index (κ1) is 12.3. The lowest BCUT2D eigenvalue weighted by molar-refractivity contribution is 0.0991. The number of nitrogens with one attached hydrogen (secondary N) is 1. The Hall–Kier alpha value is -0.770. The lowest BCUT2D eigenvalue weighted by Gasteiger charge is -2.31. The van der Waals surface area contributed by atoms with Gasteiger partial charge in [-0.2, -0.15) is 0 Å². The Labute approximate surface area is 92.0 Å². The smallest absolute Gasteiger partial charge is 0.409 e. The van der Waals surface area contributed by atoms with Crippen LogP contribution in [-0.2, 0) is 4.74 Å². The molecule has 1 amide bonds. The number of hydrogen-bond donors (Lipinski definition) is 1. The molecule has 0 spiro atoms. The molecule has 0 unspecified atom stereocenters. The summed E-state index contributed by atoms with van der Waals surface area (Å²) in [6, 6.07) is 0.215. The molecular weight excluding hydrogens is 192 g/mol. The molecule has 1 aliphatic heterocycles. The summed E-state index contributed by atoms with van der Waals surface area (Å²) in [7, 11) is 1.44. The van der Waals surface area contributed by atoms with Gasteiger partial charge in [0.25, 0.3) is 0 Å². The molecule has 1 N–H and O–H groups in total. The zero-order chi connectivity index (χ0) is 11.3. The van der Waals surface area contributed by atoms with E-state index in [1.54, 1.807) is 0 Å². The number of carbonyl (C=O) groups is 1. The molecule has 0 aromatic heterocycles. The zero-order valence-corrected chi connectivity index (χ0v) is 9.95. The molecule has 88 valence electrons. The van der Waals surface area contributed by atoms with Crippen molar-refractivity contribution in [2.45, 2.75) is 32.7 Å². The van der Waals surface area contributed by atoms with Gasteiger partial charge in [0, 0.05) is 12.6 Å². The van der Waals surface area contributed by atoms with E-state index in [2.05, 4.69) is 5.32 Å². The molecule has 1 fully saturated rings. The Bertz CT molecular complexity index is 201. The lowest BCUT2D eigenvalue weighted by atomic mass is 9.97. The Morgan fingerprint density at radius 2 is 2.07 bits per heavy atom. The Balaban J connectivity index is 2.46. The van der Waals surface area contributed by atoms with Crippen LogP contribution in [-0.4, -0.2) is 43.8 Å². The Kier molecular flexibility index (Phi) is 4.88. The van der Waals surface area contributed by atoms with E-state index >= 15 is 0 Å². The summed E-state index contributed by atoms with van der Waals surface area (Å²) in [5, 5.41) is 3.33. The number of piperidine rings is 1. The minimum Gasteiger partial charge on any atom is -0.453 e. The number of hydrogen-bond acceptors (Lipinski definition) is 3. The lowest BCUT2D eigenvalue weighted by Crippen LogP contribution is -2.42. The maximum absolute atomic E-state index is 11.5. The molecule has 4 heteroatoms. The van der Waals surface area contributed by atoms with Crippen molar-refractivity contribution in [1.29, 1.82) is 0 Å². The maximum Gasteiger partial charge on any atom is 0.409 e. The van der Waals surface area contributed by atoms with Crippen LogP contribution in [0.4, 0.5) is 4.79 Å². The SMILES string of the molecule is COC(=O)N(CC1CCNCC1)C(C)C. The van der Waals surface area contributed by atoms with E-state index in [9.17, 15) is 4.79 Å². The predicted octanol–water partition coefficient (Wildman–Crippen LogP) is 1.46. The van der Waals surface area contributed by atoms with E-state index in [4.69, 9.17) is 4.74 Å². The summed E-state index contributed by atoms with van der Waals surface area (Å²) in [6.45, 7) is 7.01. The van der Waals surface area contributed by atoms with Crippen molar-refractivity contribution in [1.82, 2.24) is 10.2 Å². The first-order chi connectivity index (χ1) is 7.15. The van der Waals surface area contributed by atoms with Crippen LogP contribution in [0, 0.1) is 5.92 Å². The van der Waals surface area contributed by atoms with E-state index in [1.165, 1.54) is 7.11 Å². The molecule has 0 atom stereocenters. The number of carbonyl (C=O) groups excluding carboxylic acids is 1. The molecule has 1 rings (SSSR count). The second-order valence-corrected chi connectivity index (χ2v) is 4.41. The average molecular weight is 214 g/mol. The topological polar surface area (TPSA) is 41.6 Å². The van der Waals surface area contributed by atoms with Crippen LogP contribution in [0.5, 0.6) is 0 Å². The van der Waals surface area contributed by atoms with E-state index < -0.39 is 0 Å². The molecule has 4 nitrogen and oxygen atoms in total. The minimum absolute atomic E-state index is 0.205. The molecule has 0 bridgehead atoms. The van der Waals surface area contributed by atoms with Gasteiger partial charge >= 0.3 is 6.09 Å². The van der Waals surface area contributed by atoms with E-state index in [1.807, 2.05) is 18.7 Å². The van der Waals surface area contributed by atoms with Gasteiger partial charge in [0.1, 0.15) is 0 Å². The third kappa shape index (κ3) is 3.70. The third-order valence-corrected chi connectivity index (χ3v) is 2.95. The molecule has 0 radical (unpaired) electrons.